The summed E-state index contributed by atoms with van der Waals surface area (Å²) in [5.41, 5.74) is 0.831. The number of ether oxygens (including phenoxy) is 2. The standard InChI is InChI=1S/C29H36N8O5S/c1-3-42-26-16-30-15-23(33-26)19-4-7-25(32-14-19)35-27(38)29(11-8-20(9-12-29)37(2)21-17-41-18-21)24-10-13-31-28(34-24)36-43(39,40)22-5-6-22/h4,7,10,13-16,20-22H,3,5-6,8-9,11-12,17-18H2,1-2H3,(H,31,34,36)(H,32,35,38). The van der Waals surface area contributed by atoms with Gasteiger partial charge in [-0.2, -0.15) is 0 Å². The number of carbonyl (C=O) groups is 1. The highest BCUT2D eigenvalue weighted by molar-refractivity contribution is 7.93. The van der Waals surface area contributed by atoms with E-state index in [9.17, 15) is 13.2 Å². The fourth-order valence-electron chi connectivity index (χ4n) is 5.68. The van der Waals surface area contributed by atoms with Crippen LogP contribution in [0.15, 0.2) is 43.0 Å². The first-order chi connectivity index (χ1) is 20.8. The lowest BCUT2D eigenvalue weighted by atomic mass is 9.69. The summed E-state index contributed by atoms with van der Waals surface area (Å²) in [7, 11) is -1.45. The minimum atomic E-state index is -3.56. The van der Waals surface area contributed by atoms with Crippen molar-refractivity contribution in [1.82, 2.24) is 29.8 Å². The quantitative estimate of drug-likeness (QED) is 0.329. The number of nitrogens with zero attached hydrogens (tertiary/aromatic N) is 6. The predicted octanol–water partition coefficient (Wildman–Crippen LogP) is 2.78. The number of hydrogen-bond donors (Lipinski definition) is 2. The average molecular weight is 609 g/mol. The smallest absolute Gasteiger partial charge is 0.237 e. The minimum absolute atomic E-state index is 0.0136. The molecule has 0 aromatic carbocycles. The third-order valence-electron chi connectivity index (χ3n) is 8.56. The van der Waals surface area contributed by atoms with E-state index in [1.807, 2.05) is 13.0 Å². The van der Waals surface area contributed by atoms with Crippen LogP contribution in [-0.2, 0) is 25.0 Å². The van der Waals surface area contributed by atoms with Gasteiger partial charge in [-0.3, -0.25) is 19.4 Å². The highest BCUT2D eigenvalue weighted by Crippen LogP contribution is 2.42. The number of rotatable bonds is 11. The number of sulfonamides is 1. The van der Waals surface area contributed by atoms with Crippen LogP contribution >= 0.6 is 0 Å². The van der Waals surface area contributed by atoms with E-state index in [0.29, 0.717) is 67.5 Å². The van der Waals surface area contributed by atoms with E-state index in [4.69, 9.17) is 9.47 Å². The van der Waals surface area contributed by atoms with Gasteiger partial charge in [-0.1, -0.05) is 0 Å². The molecule has 2 aliphatic carbocycles. The minimum Gasteiger partial charge on any atom is -0.477 e. The Bertz CT molecular complexity index is 1560. The SMILES string of the molecule is CCOc1cncc(-c2ccc(NC(=O)C3(c4ccnc(NS(=O)(=O)C5CC5)n4)CCC(N(C)C4COC4)CC3)nc2)n1. The summed E-state index contributed by atoms with van der Waals surface area (Å²) in [6.07, 6.45) is 10.2. The van der Waals surface area contributed by atoms with Gasteiger partial charge >= 0.3 is 0 Å². The third-order valence-corrected chi connectivity index (χ3v) is 10.4. The number of pyridine rings is 1. The van der Waals surface area contributed by atoms with E-state index >= 15 is 0 Å². The lowest BCUT2D eigenvalue weighted by Crippen LogP contribution is -2.54. The first kappa shape index (κ1) is 29.3. The molecule has 2 N–H and O–H groups in total. The second-order valence-corrected chi connectivity index (χ2v) is 13.3. The van der Waals surface area contributed by atoms with Crippen LogP contribution in [0.25, 0.3) is 11.3 Å². The van der Waals surface area contributed by atoms with E-state index in [1.54, 1.807) is 30.7 Å². The van der Waals surface area contributed by atoms with Crippen LogP contribution in [0.1, 0.15) is 51.1 Å². The highest BCUT2D eigenvalue weighted by Gasteiger charge is 2.46. The maximum Gasteiger partial charge on any atom is 0.237 e. The van der Waals surface area contributed by atoms with Crippen molar-refractivity contribution in [2.24, 2.45) is 0 Å². The van der Waals surface area contributed by atoms with Gasteiger partial charge in [0.2, 0.25) is 27.8 Å². The summed E-state index contributed by atoms with van der Waals surface area (Å²) >= 11 is 0. The van der Waals surface area contributed by atoms with Crippen LogP contribution in [0, 0.1) is 0 Å². The van der Waals surface area contributed by atoms with E-state index in [-0.39, 0.29) is 11.9 Å². The van der Waals surface area contributed by atoms with Crippen LogP contribution in [0.3, 0.4) is 0 Å². The van der Waals surface area contributed by atoms with Gasteiger partial charge in [-0.25, -0.2) is 28.4 Å². The molecule has 1 amide bonds. The normalized spacial score (nSPS) is 22.5. The zero-order chi connectivity index (χ0) is 30.0. The fraction of sp³-hybridized carbons (Fsp3) is 0.517. The van der Waals surface area contributed by atoms with Crippen molar-refractivity contribution in [2.75, 3.05) is 36.9 Å². The predicted molar refractivity (Wildman–Crippen MR) is 159 cm³/mol. The molecule has 3 aromatic heterocycles. The number of amides is 1. The Morgan fingerprint density at radius 2 is 1.84 bits per heavy atom. The molecule has 3 fully saturated rings. The maximum absolute atomic E-state index is 14.1. The van der Waals surface area contributed by atoms with Crippen molar-refractivity contribution >= 4 is 27.7 Å². The number of carbonyl (C=O) groups excluding carboxylic acids is 1. The van der Waals surface area contributed by atoms with Gasteiger partial charge < -0.3 is 14.8 Å². The molecule has 2 saturated carbocycles. The topological polar surface area (TPSA) is 161 Å². The van der Waals surface area contributed by atoms with Gasteiger partial charge in [-0.15, -0.1) is 0 Å². The molecule has 13 nitrogen and oxygen atoms in total. The second-order valence-electron chi connectivity index (χ2n) is 11.3. The molecule has 228 valence electrons. The molecule has 0 bridgehead atoms. The second kappa shape index (κ2) is 12.1. The summed E-state index contributed by atoms with van der Waals surface area (Å²) in [5.74, 6) is 0.555. The average Bonchev–Trinajstić information content (AvgIpc) is 3.84. The summed E-state index contributed by atoms with van der Waals surface area (Å²) in [6, 6.07) is 5.93. The monoisotopic (exact) mass is 608 g/mol. The Morgan fingerprint density at radius 3 is 2.49 bits per heavy atom. The molecule has 0 unspecified atom stereocenters. The van der Waals surface area contributed by atoms with Crippen LogP contribution < -0.4 is 14.8 Å². The van der Waals surface area contributed by atoms with Crippen molar-refractivity contribution in [3.63, 3.8) is 0 Å². The van der Waals surface area contributed by atoms with E-state index in [0.717, 1.165) is 31.6 Å². The Kier molecular flexibility index (Phi) is 8.25. The van der Waals surface area contributed by atoms with Gasteiger partial charge in [0.05, 0.1) is 60.3 Å². The van der Waals surface area contributed by atoms with Gasteiger partial charge in [0.15, 0.2) is 0 Å². The molecule has 0 atom stereocenters. The number of anilines is 2. The molecule has 43 heavy (non-hydrogen) atoms. The van der Waals surface area contributed by atoms with Crippen LogP contribution in [0.5, 0.6) is 5.88 Å². The number of likely N-dealkylation sites (N-methyl/N-ethyl adjacent to an activating group) is 1. The molecule has 1 saturated heterocycles. The molecular formula is C29H36N8O5S. The zero-order valence-corrected chi connectivity index (χ0v) is 25.1. The third kappa shape index (κ3) is 6.31. The molecule has 14 heteroatoms. The molecule has 1 aliphatic heterocycles. The molecule has 6 rings (SSSR count). The Hall–Kier alpha value is -3.75. The molecule has 0 spiro atoms. The van der Waals surface area contributed by atoms with Gasteiger partial charge in [0, 0.05) is 24.0 Å². The molecular weight excluding hydrogens is 572 g/mol. The van der Waals surface area contributed by atoms with Gasteiger partial charge in [0.1, 0.15) is 5.82 Å². The van der Waals surface area contributed by atoms with Crippen LogP contribution in [0.2, 0.25) is 0 Å². The van der Waals surface area contributed by atoms with Crippen molar-refractivity contribution in [3.8, 4) is 17.1 Å². The summed E-state index contributed by atoms with van der Waals surface area (Å²) < 4.78 is 38.5. The largest absolute Gasteiger partial charge is 0.477 e. The molecule has 0 radical (unpaired) electrons. The van der Waals surface area contributed by atoms with Gasteiger partial charge in [0.25, 0.3) is 0 Å². The Balaban J connectivity index is 1.24. The molecule has 3 aliphatic rings. The highest BCUT2D eigenvalue weighted by atomic mass is 32.2. The van der Waals surface area contributed by atoms with Crippen molar-refractivity contribution in [2.45, 2.75) is 68.2 Å². The summed E-state index contributed by atoms with van der Waals surface area (Å²) in [5, 5.41) is 2.59. The van der Waals surface area contributed by atoms with E-state index in [2.05, 4.69) is 46.9 Å². The lowest BCUT2D eigenvalue weighted by Gasteiger charge is -2.45. The van der Waals surface area contributed by atoms with Crippen LogP contribution in [0.4, 0.5) is 11.8 Å². The summed E-state index contributed by atoms with van der Waals surface area (Å²) in [6.45, 7) is 3.80. The van der Waals surface area contributed by atoms with E-state index < -0.39 is 20.7 Å². The first-order valence-electron chi connectivity index (χ1n) is 14.6. The first-order valence-corrected chi connectivity index (χ1v) is 16.2. The molecule has 4 heterocycles. The van der Waals surface area contributed by atoms with Gasteiger partial charge in [-0.05, 0) is 70.7 Å². The summed E-state index contributed by atoms with van der Waals surface area (Å²) in [4.78, 5) is 38.4. The van der Waals surface area contributed by atoms with Crippen molar-refractivity contribution in [3.05, 3.63) is 48.7 Å². The Morgan fingerprint density at radius 1 is 1.05 bits per heavy atom. The van der Waals surface area contributed by atoms with Crippen LogP contribution in [-0.4, -0.2) is 88.3 Å². The maximum atomic E-state index is 14.1. The molecule has 3 aromatic rings. The van der Waals surface area contributed by atoms with Crippen molar-refractivity contribution in [1.29, 1.82) is 0 Å². The lowest BCUT2D eigenvalue weighted by molar-refractivity contribution is -0.124. The zero-order valence-electron chi connectivity index (χ0n) is 24.3. The Labute approximate surface area is 250 Å². The number of hydrogen-bond acceptors (Lipinski definition) is 11. The number of nitrogens with one attached hydrogen (secondary N) is 2. The number of aromatic nitrogens is 5. The van der Waals surface area contributed by atoms with Crippen molar-refractivity contribution < 1.29 is 22.7 Å². The van der Waals surface area contributed by atoms with E-state index in [1.165, 1.54) is 6.20 Å². The fourth-order valence-corrected chi connectivity index (χ4v) is 6.96.